The monoisotopic (exact) mass is 367 g/mol. The van der Waals surface area contributed by atoms with Gasteiger partial charge in [0.15, 0.2) is 0 Å². The van der Waals surface area contributed by atoms with E-state index in [1.165, 1.54) is 29.5 Å². The van der Waals surface area contributed by atoms with E-state index in [9.17, 15) is 15.4 Å². The highest BCUT2D eigenvalue weighted by atomic mass is 32.1. The van der Waals surface area contributed by atoms with E-state index in [-0.39, 0.29) is 17.2 Å². The van der Waals surface area contributed by atoms with Gasteiger partial charge in [0.1, 0.15) is 27.5 Å². The molecule has 1 aromatic carbocycles. The van der Waals surface area contributed by atoms with Crippen molar-refractivity contribution in [3.8, 4) is 23.1 Å². The van der Waals surface area contributed by atoms with Gasteiger partial charge in [-0.3, -0.25) is 10.1 Å². The van der Waals surface area contributed by atoms with Crippen LogP contribution in [0.5, 0.6) is 5.75 Å². The smallest absolute Gasteiger partial charge is 0.433 e. The second kappa shape index (κ2) is 7.63. The van der Waals surface area contributed by atoms with Crippen LogP contribution in [-0.4, -0.2) is 16.5 Å². The van der Waals surface area contributed by atoms with Crippen LogP contribution in [0.15, 0.2) is 46.2 Å². The molecule has 7 nitrogen and oxygen atoms in total. The number of nitro groups is 1. The molecule has 0 aliphatic rings. The maximum atomic E-state index is 10.7. The molecule has 0 amide bonds. The molecule has 0 spiro atoms. The molecule has 0 atom stereocenters. The van der Waals surface area contributed by atoms with Crippen molar-refractivity contribution >= 4 is 28.9 Å². The lowest BCUT2D eigenvalue weighted by Crippen LogP contribution is -1.90. The van der Waals surface area contributed by atoms with E-state index >= 15 is 0 Å². The molecule has 3 aromatic rings. The number of benzene rings is 1. The van der Waals surface area contributed by atoms with Crippen LogP contribution in [0.1, 0.15) is 17.7 Å². The van der Waals surface area contributed by atoms with E-state index < -0.39 is 4.92 Å². The Kier molecular flexibility index (Phi) is 5.10. The predicted molar refractivity (Wildman–Crippen MR) is 97.6 cm³/mol. The number of aromatic nitrogens is 1. The summed E-state index contributed by atoms with van der Waals surface area (Å²) in [6.07, 6.45) is 1.44. The Morgan fingerprint density at radius 3 is 2.77 bits per heavy atom. The first kappa shape index (κ1) is 17.4. The maximum absolute atomic E-state index is 10.7. The first-order valence-corrected chi connectivity index (χ1v) is 8.54. The topological polar surface area (TPSA) is 102 Å². The predicted octanol–water partition coefficient (Wildman–Crippen LogP) is 4.77. The third-order valence-electron chi connectivity index (χ3n) is 3.40. The number of ether oxygens (including phenoxy) is 1. The quantitative estimate of drug-likeness (QED) is 0.353. The third kappa shape index (κ3) is 3.79. The van der Waals surface area contributed by atoms with Gasteiger partial charge in [-0.25, -0.2) is 4.98 Å². The molecule has 0 saturated heterocycles. The molecule has 130 valence electrons. The number of hydrogen-bond donors (Lipinski definition) is 0. The highest BCUT2D eigenvalue weighted by Crippen LogP contribution is 2.29. The van der Waals surface area contributed by atoms with Crippen LogP contribution in [0, 0.1) is 21.4 Å². The summed E-state index contributed by atoms with van der Waals surface area (Å²) in [7, 11) is 0. The van der Waals surface area contributed by atoms with Crippen LogP contribution >= 0.6 is 11.3 Å². The first-order valence-electron chi connectivity index (χ1n) is 7.66. The van der Waals surface area contributed by atoms with Gasteiger partial charge in [0.25, 0.3) is 0 Å². The van der Waals surface area contributed by atoms with Gasteiger partial charge in [-0.1, -0.05) is 0 Å². The van der Waals surface area contributed by atoms with E-state index in [2.05, 4.69) is 11.1 Å². The van der Waals surface area contributed by atoms with Crippen molar-refractivity contribution in [3.63, 3.8) is 0 Å². The Hall–Kier alpha value is -3.44. The summed E-state index contributed by atoms with van der Waals surface area (Å²) in [6.45, 7) is 2.52. The fourth-order valence-electron chi connectivity index (χ4n) is 2.22. The van der Waals surface area contributed by atoms with E-state index in [0.29, 0.717) is 11.6 Å². The van der Waals surface area contributed by atoms with Gasteiger partial charge in [0.2, 0.25) is 0 Å². The molecule has 0 radical (unpaired) electrons. The third-order valence-corrected chi connectivity index (χ3v) is 4.27. The summed E-state index contributed by atoms with van der Waals surface area (Å²) in [6, 6.07) is 12.3. The zero-order valence-corrected chi connectivity index (χ0v) is 14.5. The van der Waals surface area contributed by atoms with E-state index in [0.717, 1.165) is 17.0 Å². The number of hydrogen-bond acceptors (Lipinski definition) is 7. The summed E-state index contributed by atoms with van der Waals surface area (Å²) >= 11 is 1.32. The lowest BCUT2D eigenvalue weighted by Gasteiger charge is -2.03. The number of furan rings is 1. The van der Waals surface area contributed by atoms with Crippen molar-refractivity contribution in [1.82, 2.24) is 4.98 Å². The SMILES string of the molecule is CCOc1ccc(-c2csc(/C(C#N)=C\c3ccc([N+](=O)[O-])o3)n2)cc1. The second-order valence-corrected chi connectivity index (χ2v) is 5.96. The molecular formula is C18H13N3O4S. The van der Waals surface area contributed by atoms with Gasteiger partial charge in [-0.2, -0.15) is 5.26 Å². The Labute approximate surface area is 152 Å². The van der Waals surface area contributed by atoms with Crippen molar-refractivity contribution in [2.24, 2.45) is 0 Å². The molecule has 0 N–H and O–H groups in total. The largest absolute Gasteiger partial charge is 0.494 e. The van der Waals surface area contributed by atoms with Crippen LogP contribution in [0.3, 0.4) is 0 Å². The molecule has 26 heavy (non-hydrogen) atoms. The molecule has 8 heteroatoms. The van der Waals surface area contributed by atoms with Crippen LogP contribution in [0.4, 0.5) is 5.88 Å². The zero-order chi connectivity index (χ0) is 18.5. The number of nitriles is 1. The number of thiazole rings is 1. The standard InChI is InChI=1S/C18H13N3O4S/c1-2-24-14-5-3-12(4-6-14)16-11-26-18(20-16)13(10-19)9-15-7-8-17(25-15)21(22)23/h3-9,11H,2H2,1H3/b13-9-. The van der Waals surface area contributed by atoms with Crippen LogP contribution < -0.4 is 4.74 Å². The van der Waals surface area contributed by atoms with Gasteiger partial charge in [-0.15, -0.1) is 11.3 Å². The van der Waals surface area contributed by atoms with Gasteiger partial charge in [-0.05, 0) is 37.3 Å². The van der Waals surface area contributed by atoms with Crippen molar-refractivity contribution in [2.75, 3.05) is 6.61 Å². The molecule has 2 aromatic heterocycles. The molecule has 3 rings (SSSR count). The highest BCUT2D eigenvalue weighted by molar-refractivity contribution is 7.11. The van der Waals surface area contributed by atoms with Gasteiger partial charge in [0.05, 0.1) is 23.9 Å². The molecular weight excluding hydrogens is 354 g/mol. The zero-order valence-electron chi connectivity index (χ0n) is 13.7. The van der Waals surface area contributed by atoms with Crippen LogP contribution in [-0.2, 0) is 0 Å². The van der Waals surface area contributed by atoms with Crippen molar-refractivity contribution in [3.05, 3.63) is 62.7 Å². The van der Waals surface area contributed by atoms with E-state index in [1.807, 2.05) is 36.6 Å². The van der Waals surface area contributed by atoms with E-state index in [1.54, 1.807) is 0 Å². The normalized spacial score (nSPS) is 11.2. The average Bonchev–Trinajstić information content (AvgIpc) is 3.30. The Bertz CT molecular complexity index is 996. The maximum Gasteiger partial charge on any atom is 0.433 e. The number of nitrogens with zero attached hydrogens (tertiary/aromatic N) is 3. The summed E-state index contributed by atoms with van der Waals surface area (Å²) in [4.78, 5) is 14.5. The summed E-state index contributed by atoms with van der Waals surface area (Å²) in [5.74, 6) is 0.637. The van der Waals surface area contributed by atoms with Crippen molar-refractivity contribution < 1.29 is 14.1 Å². The minimum atomic E-state index is -0.628. The Morgan fingerprint density at radius 2 is 2.15 bits per heavy atom. The Morgan fingerprint density at radius 1 is 1.38 bits per heavy atom. The molecule has 0 fully saturated rings. The minimum absolute atomic E-state index is 0.228. The minimum Gasteiger partial charge on any atom is -0.494 e. The summed E-state index contributed by atoms with van der Waals surface area (Å²) in [5.41, 5.74) is 1.91. The molecule has 0 unspecified atom stereocenters. The summed E-state index contributed by atoms with van der Waals surface area (Å²) in [5, 5.41) is 22.4. The first-order chi connectivity index (χ1) is 12.6. The van der Waals surface area contributed by atoms with Crippen LogP contribution in [0.25, 0.3) is 22.9 Å². The fourth-order valence-corrected chi connectivity index (χ4v) is 3.02. The number of rotatable bonds is 6. The Balaban J connectivity index is 1.85. The fraction of sp³-hybridized carbons (Fsp3) is 0.111. The molecule has 0 aliphatic heterocycles. The van der Waals surface area contributed by atoms with Gasteiger partial charge in [0, 0.05) is 17.0 Å². The van der Waals surface area contributed by atoms with Crippen LogP contribution in [0.2, 0.25) is 0 Å². The van der Waals surface area contributed by atoms with Gasteiger partial charge < -0.3 is 9.15 Å². The lowest BCUT2D eigenvalue weighted by atomic mass is 10.1. The lowest BCUT2D eigenvalue weighted by molar-refractivity contribution is -0.402. The summed E-state index contributed by atoms with van der Waals surface area (Å²) < 4.78 is 10.5. The molecule has 0 bridgehead atoms. The van der Waals surface area contributed by atoms with E-state index in [4.69, 9.17) is 9.15 Å². The molecule has 0 saturated carbocycles. The average molecular weight is 367 g/mol. The highest BCUT2D eigenvalue weighted by Gasteiger charge is 2.13. The molecule has 0 aliphatic carbocycles. The number of allylic oxidation sites excluding steroid dienone is 1. The van der Waals surface area contributed by atoms with Crippen molar-refractivity contribution in [2.45, 2.75) is 6.92 Å². The van der Waals surface area contributed by atoms with Crippen molar-refractivity contribution in [1.29, 1.82) is 5.26 Å². The molecule has 2 heterocycles. The second-order valence-electron chi connectivity index (χ2n) is 5.10. The van der Waals surface area contributed by atoms with Gasteiger partial charge >= 0.3 is 5.88 Å².